The Bertz CT molecular complexity index is 1240. The number of benzene rings is 1. The number of aromatic nitrogens is 2. The number of nitrogens with one attached hydrogen (secondary N) is 2. The Balaban J connectivity index is 1.94. The van der Waals surface area contributed by atoms with Crippen LogP contribution in [-0.2, 0) is 11.3 Å². The van der Waals surface area contributed by atoms with Gasteiger partial charge in [0, 0.05) is 18.0 Å². The second-order valence-corrected chi connectivity index (χ2v) is 10.7. The van der Waals surface area contributed by atoms with Gasteiger partial charge in [-0.1, -0.05) is 63.6 Å². The van der Waals surface area contributed by atoms with Gasteiger partial charge >= 0.3 is 5.69 Å². The quantitative estimate of drug-likeness (QED) is 0.397. The van der Waals surface area contributed by atoms with Gasteiger partial charge in [-0.2, -0.15) is 0 Å². The van der Waals surface area contributed by atoms with Crippen LogP contribution in [0.15, 0.2) is 51.4 Å². The monoisotopic (exact) mass is 497 g/mol. The normalized spacial score (nSPS) is 12.2. The van der Waals surface area contributed by atoms with E-state index in [-0.39, 0.29) is 41.8 Å². The summed E-state index contributed by atoms with van der Waals surface area (Å²) in [6.07, 6.45) is 0. The Hall–Kier alpha value is -3.33. The molecule has 9 heteroatoms. The topological polar surface area (TPSA) is 113 Å². The largest absolute Gasteiger partial charge is 0.383 e. The van der Waals surface area contributed by atoms with Crippen LogP contribution in [0.2, 0.25) is 0 Å². The maximum atomic E-state index is 13.3. The van der Waals surface area contributed by atoms with Crippen molar-refractivity contribution in [1.82, 2.24) is 14.9 Å². The smallest absolute Gasteiger partial charge is 0.330 e. The van der Waals surface area contributed by atoms with Crippen LogP contribution in [0.1, 0.15) is 49.7 Å². The zero-order valence-electron chi connectivity index (χ0n) is 21.0. The molecule has 0 bridgehead atoms. The summed E-state index contributed by atoms with van der Waals surface area (Å²) >= 11 is 1.57. The summed E-state index contributed by atoms with van der Waals surface area (Å²) in [5, 5.41) is 5.11. The lowest BCUT2D eigenvalue weighted by atomic mass is 10.0. The van der Waals surface area contributed by atoms with Crippen molar-refractivity contribution < 1.29 is 4.79 Å². The molecule has 0 aliphatic carbocycles. The van der Waals surface area contributed by atoms with Crippen molar-refractivity contribution in [2.45, 2.75) is 47.2 Å². The van der Waals surface area contributed by atoms with Crippen LogP contribution in [0.25, 0.3) is 0 Å². The summed E-state index contributed by atoms with van der Waals surface area (Å²) in [4.78, 5) is 43.6. The number of aromatic amines is 1. The first-order valence-corrected chi connectivity index (χ1v) is 12.7. The molecule has 1 aromatic carbocycles. The third-order valence-electron chi connectivity index (χ3n) is 5.54. The van der Waals surface area contributed by atoms with Gasteiger partial charge in [0.1, 0.15) is 11.5 Å². The Morgan fingerprint density at radius 2 is 1.80 bits per heavy atom. The van der Waals surface area contributed by atoms with Crippen LogP contribution in [0, 0.1) is 18.8 Å². The van der Waals surface area contributed by atoms with Crippen molar-refractivity contribution in [2.75, 3.05) is 23.7 Å². The molecule has 3 aromatic rings. The molecule has 0 saturated carbocycles. The number of nitrogen functional groups attached to an aromatic ring is 1. The van der Waals surface area contributed by atoms with E-state index in [1.165, 1.54) is 4.57 Å². The Labute approximate surface area is 209 Å². The van der Waals surface area contributed by atoms with Gasteiger partial charge in [0.05, 0.1) is 12.6 Å². The van der Waals surface area contributed by atoms with E-state index >= 15 is 0 Å². The number of anilines is 2. The standard InChI is InChI=1S/C26H35N5O3S/c1-16(2)13-30(23-24(27)31(14-17(3)4)26(34)29-25(23)33)15-21(32)28-22(20-7-6-12-35-20)19-10-8-18(5)9-11-19/h6-12,16-17,22H,13-15,27H2,1-5H3,(H,28,32)(H,29,33,34). The molecule has 0 spiro atoms. The molecule has 2 aromatic heterocycles. The average molecular weight is 498 g/mol. The highest BCUT2D eigenvalue weighted by Gasteiger charge is 2.24. The van der Waals surface area contributed by atoms with Crippen molar-refractivity contribution in [3.05, 3.63) is 78.6 Å². The molecular weight excluding hydrogens is 462 g/mol. The number of aryl methyl sites for hydroxylation is 1. The molecule has 2 heterocycles. The number of H-pyrrole nitrogens is 1. The van der Waals surface area contributed by atoms with Crippen molar-refractivity contribution in [1.29, 1.82) is 0 Å². The fraction of sp³-hybridized carbons (Fsp3) is 0.423. The fourth-order valence-electron chi connectivity index (χ4n) is 4.02. The molecule has 1 atom stereocenters. The molecule has 0 aliphatic heterocycles. The van der Waals surface area contributed by atoms with Gasteiger partial charge in [-0.3, -0.25) is 19.1 Å². The van der Waals surface area contributed by atoms with Crippen LogP contribution in [0.3, 0.4) is 0 Å². The van der Waals surface area contributed by atoms with E-state index in [0.29, 0.717) is 13.1 Å². The second-order valence-electron chi connectivity index (χ2n) is 9.70. The van der Waals surface area contributed by atoms with Crippen LogP contribution < -0.4 is 27.2 Å². The van der Waals surface area contributed by atoms with Gasteiger partial charge in [-0.25, -0.2) is 4.79 Å². The first-order chi connectivity index (χ1) is 16.6. The Morgan fingerprint density at radius 3 is 2.37 bits per heavy atom. The average Bonchev–Trinajstić information content (AvgIpc) is 3.29. The highest BCUT2D eigenvalue weighted by molar-refractivity contribution is 7.10. The molecule has 1 unspecified atom stereocenters. The van der Waals surface area contributed by atoms with E-state index in [1.807, 2.05) is 76.4 Å². The minimum atomic E-state index is -0.589. The fourth-order valence-corrected chi connectivity index (χ4v) is 4.82. The highest BCUT2D eigenvalue weighted by atomic mass is 32.1. The van der Waals surface area contributed by atoms with Crippen LogP contribution in [0.4, 0.5) is 11.5 Å². The van der Waals surface area contributed by atoms with Crippen molar-refractivity contribution in [3.63, 3.8) is 0 Å². The molecule has 0 radical (unpaired) electrons. The van der Waals surface area contributed by atoms with E-state index in [0.717, 1.165) is 16.0 Å². The number of carbonyl (C=O) groups is 1. The van der Waals surface area contributed by atoms with E-state index in [4.69, 9.17) is 5.73 Å². The van der Waals surface area contributed by atoms with Gasteiger partial charge in [0.15, 0.2) is 0 Å². The molecule has 1 amide bonds. The van der Waals surface area contributed by atoms with E-state index < -0.39 is 11.2 Å². The third-order valence-corrected chi connectivity index (χ3v) is 6.48. The van der Waals surface area contributed by atoms with Crippen LogP contribution >= 0.6 is 11.3 Å². The SMILES string of the molecule is Cc1ccc(C(NC(=O)CN(CC(C)C)c2c(N)n(CC(C)C)c(=O)[nH]c2=O)c2cccs2)cc1. The number of amides is 1. The predicted octanol–water partition coefficient (Wildman–Crippen LogP) is 3.51. The minimum Gasteiger partial charge on any atom is -0.383 e. The number of nitrogens with zero attached hydrogens (tertiary/aromatic N) is 2. The highest BCUT2D eigenvalue weighted by Crippen LogP contribution is 2.27. The van der Waals surface area contributed by atoms with Gasteiger partial charge in [-0.15, -0.1) is 11.3 Å². The van der Waals surface area contributed by atoms with Crippen LogP contribution in [0.5, 0.6) is 0 Å². The van der Waals surface area contributed by atoms with Gasteiger partial charge in [0.25, 0.3) is 5.56 Å². The molecule has 4 N–H and O–H groups in total. The third kappa shape index (κ3) is 6.63. The van der Waals surface area contributed by atoms with E-state index in [9.17, 15) is 14.4 Å². The lowest BCUT2D eigenvalue weighted by molar-refractivity contribution is -0.120. The molecular formula is C26H35N5O3S. The zero-order chi connectivity index (χ0) is 25.7. The molecule has 8 nitrogen and oxygen atoms in total. The second kappa shape index (κ2) is 11.4. The van der Waals surface area contributed by atoms with Gasteiger partial charge in [0.2, 0.25) is 5.91 Å². The molecule has 0 saturated heterocycles. The van der Waals surface area contributed by atoms with Crippen LogP contribution in [-0.4, -0.2) is 28.5 Å². The first kappa shape index (κ1) is 26.3. The van der Waals surface area contributed by atoms with Gasteiger partial charge in [-0.05, 0) is 35.8 Å². The van der Waals surface area contributed by atoms with E-state index in [2.05, 4.69) is 10.3 Å². The number of thiophene rings is 1. The number of nitrogens with two attached hydrogens (primary N) is 1. The summed E-state index contributed by atoms with van der Waals surface area (Å²) < 4.78 is 1.37. The number of hydrogen-bond donors (Lipinski definition) is 3. The maximum Gasteiger partial charge on any atom is 0.330 e. The minimum absolute atomic E-state index is 0.0704. The zero-order valence-corrected chi connectivity index (χ0v) is 21.8. The number of rotatable bonds is 10. The maximum absolute atomic E-state index is 13.3. The first-order valence-electron chi connectivity index (χ1n) is 11.8. The molecule has 0 fully saturated rings. The van der Waals surface area contributed by atoms with E-state index in [1.54, 1.807) is 16.2 Å². The van der Waals surface area contributed by atoms with Crippen molar-refractivity contribution >= 4 is 28.7 Å². The Morgan fingerprint density at radius 1 is 1.11 bits per heavy atom. The lowest BCUT2D eigenvalue weighted by Gasteiger charge is -2.28. The summed E-state index contributed by atoms with van der Waals surface area (Å²) in [6, 6.07) is 11.7. The Kier molecular flexibility index (Phi) is 8.56. The summed E-state index contributed by atoms with van der Waals surface area (Å²) in [7, 11) is 0. The lowest BCUT2D eigenvalue weighted by Crippen LogP contribution is -2.45. The van der Waals surface area contributed by atoms with Crippen molar-refractivity contribution in [2.24, 2.45) is 11.8 Å². The van der Waals surface area contributed by atoms with Gasteiger partial charge < -0.3 is 16.0 Å². The summed E-state index contributed by atoms with van der Waals surface area (Å²) in [5.41, 5.74) is 7.47. The summed E-state index contributed by atoms with van der Waals surface area (Å²) in [5.74, 6) is 0.133. The number of hydrogen-bond acceptors (Lipinski definition) is 6. The molecule has 0 aliphatic rings. The number of carbonyl (C=O) groups excluding carboxylic acids is 1. The predicted molar refractivity (Wildman–Crippen MR) is 143 cm³/mol. The molecule has 188 valence electrons. The molecule has 3 rings (SSSR count). The summed E-state index contributed by atoms with van der Waals surface area (Å²) in [6.45, 7) is 10.7. The van der Waals surface area contributed by atoms with Crippen molar-refractivity contribution in [3.8, 4) is 0 Å². The molecule has 35 heavy (non-hydrogen) atoms.